The van der Waals surface area contributed by atoms with Crippen LogP contribution in [-0.2, 0) is 9.59 Å². The third-order valence-electron chi connectivity index (χ3n) is 6.27. The molecule has 0 saturated heterocycles. The number of fused-ring (bicyclic) bond motifs is 2. The first-order chi connectivity index (χ1) is 12.9. The molecule has 5 heteroatoms. The van der Waals surface area contributed by atoms with Crippen LogP contribution in [0.4, 0.5) is 5.13 Å². The van der Waals surface area contributed by atoms with Crippen LogP contribution in [0.15, 0.2) is 17.5 Å². The third kappa shape index (κ3) is 3.57. The number of amides is 1. The number of ketones is 1. The van der Waals surface area contributed by atoms with E-state index < -0.39 is 0 Å². The van der Waals surface area contributed by atoms with E-state index in [2.05, 4.69) is 43.2 Å². The van der Waals surface area contributed by atoms with Gasteiger partial charge in [-0.05, 0) is 69.2 Å². The number of Topliss-reactive ketones (excluding diaryl/α,β-unsaturated/α-hetero) is 1. The molecule has 1 aromatic carbocycles. The predicted molar refractivity (Wildman–Crippen MR) is 109 cm³/mol. The number of carbonyl (C=O) groups excluding carboxylic acids is 2. The van der Waals surface area contributed by atoms with Gasteiger partial charge in [-0.25, -0.2) is 4.98 Å². The highest BCUT2D eigenvalue weighted by Crippen LogP contribution is 2.40. The number of aromatic nitrogens is 1. The van der Waals surface area contributed by atoms with Gasteiger partial charge in [-0.1, -0.05) is 12.5 Å². The maximum absolute atomic E-state index is 12.8. The minimum Gasteiger partial charge on any atom is -0.302 e. The molecule has 2 aliphatic carbocycles. The maximum atomic E-state index is 12.8. The van der Waals surface area contributed by atoms with Gasteiger partial charge in [0.2, 0.25) is 5.91 Å². The number of aryl methyl sites for hydroxylation is 3. The highest BCUT2D eigenvalue weighted by molar-refractivity contribution is 7.14. The van der Waals surface area contributed by atoms with Crippen LogP contribution in [0.5, 0.6) is 0 Å². The molecule has 2 saturated carbocycles. The summed E-state index contributed by atoms with van der Waals surface area (Å²) in [4.78, 5) is 29.7. The van der Waals surface area contributed by atoms with Crippen LogP contribution in [0.2, 0.25) is 0 Å². The van der Waals surface area contributed by atoms with Crippen LogP contribution in [0.1, 0.15) is 48.8 Å². The van der Waals surface area contributed by atoms with Crippen molar-refractivity contribution in [2.75, 3.05) is 5.32 Å². The number of anilines is 1. The average molecular weight is 383 g/mol. The fourth-order valence-electron chi connectivity index (χ4n) is 4.59. The van der Waals surface area contributed by atoms with E-state index in [1.165, 1.54) is 28.0 Å². The molecule has 0 aliphatic heterocycles. The summed E-state index contributed by atoms with van der Waals surface area (Å²) in [5.41, 5.74) is 5.74. The van der Waals surface area contributed by atoms with E-state index in [1.807, 2.05) is 5.38 Å². The highest BCUT2D eigenvalue weighted by atomic mass is 32.1. The Morgan fingerprint density at radius 3 is 2.44 bits per heavy atom. The normalized spacial score (nSPS) is 24.7. The van der Waals surface area contributed by atoms with Gasteiger partial charge in [0.25, 0.3) is 0 Å². The Kier molecular flexibility index (Phi) is 4.89. The SMILES string of the molecule is Cc1cc(C)c(-c2csc(NC(=O)C3C[C@H]4CCC[C@@H](C3)C4=O)n2)cc1C. The fraction of sp³-hybridized carbons (Fsp3) is 0.500. The molecule has 27 heavy (non-hydrogen) atoms. The van der Waals surface area contributed by atoms with E-state index in [1.54, 1.807) is 0 Å². The molecule has 2 fully saturated rings. The number of nitrogens with one attached hydrogen (secondary N) is 1. The third-order valence-corrected chi connectivity index (χ3v) is 7.03. The molecule has 1 amide bonds. The Balaban J connectivity index is 1.47. The topological polar surface area (TPSA) is 59.1 Å². The van der Waals surface area contributed by atoms with Crippen LogP contribution in [0, 0.1) is 38.5 Å². The number of hydrogen-bond donors (Lipinski definition) is 1. The van der Waals surface area contributed by atoms with Crippen molar-refractivity contribution in [1.29, 1.82) is 0 Å². The van der Waals surface area contributed by atoms with Crippen molar-refractivity contribution in [3.8, 4) is 11.3 Å². The second-order valence-corrected chi connectivity index (χ2v) is 9.03. The first kappa shape index (κ1) is 18.4. The molecule has 4 nitrogen and oxygen atoms in total. The van der Waals surface area contributed by atoms with Gasteiger partial charge in [0.15, 0.2) is 5.13 Å². The molecule has 1 aromatic heterocycles. The van der Waals surface area contributed by atoms with E-state index in [9.17, 15) is 9.59 Å². The summed E-state index contributed by atoms with van der Waals surface area (Å²) < 4.78 is 0. The van der Waals surface area contributed by atoms with Crippen LogP contribution in [-0.4, -0.2) is 16.7 Å². The Morgan fingerprint density at radius 2 is 1.74 bits per heavy atom. The summed E-state index contributed by atoms with van der Waals surface area (Å²) >= 11 is 1.47. The molecule has 1 heterocycles. The largest absolute Gasteiger partial charge is 0.302 e. The van der Waals surface area contributed by atoms with Gasteiger partial charge >= 0.3 is 0 Å². The van der Waals surface area contributed by atoms with Gasteiger partial charge in [0.05, 0.1) is 5.69 Å². The van der Waals surface area contributed by atoms with Crippen LogP contribution < -0.4 is 5.32 Å². The van der Waals surface area contributed by atoms with Gasteiger partial charge in [0.1, 0.15) is 5.78 Å². The number of nitrogens with zero attached hydrogens (tertiary/aromatic N) is 1. The zero-order chi connectivity index (χ0) is 19.1. The number of thiazole rings is 1. The van der Waals surface area contributed by atoms with Gasteiger partial charge < -0.3 is 5.32 Å². The van der Waals surface area contributed by atoms with Crippen LogP contribution in [0.3, 0.4) is 0 Å². The molecule has 0 spiro atoms. The van der Waals surface area contributed by atoms with Gasteiger partial charge in [-0.3, -0.25) is 9.59 Å². The Morgan fingerprint density at radius 1 is 1.07 bits per heavy atom. The van der Waals surface area contributed by atoms with E-state index >= 15 is 0 Å². The van der Waals surface area contributed by atoms with Gasteiger partial charge in [-0.15, -0.1) is 11.3 Å². The second kappa shape index (κ2) is 7.19. The Hall–Kier alpha value is -2.01. The predicted octanol–water partition coefficient (Wildman–Crippen LogP) is 5.07. The standard InChI is InChI=1S/C22H26N2O2S/c1-12-7-14(3)18(8-13(12)2)19-11-27-22(23-19)24-21(26)17-9-15-5-4-6-16(10-17)20(15)25/h7-8,11,15-17H,4-6,9-10H2,1-3H3,(H,23,24,26)/t15-,16+,17?. The van der Waals surface area contributed by atoms with Crippen molar-refractivity contribution >= 4 is 28.2 Å². The molecule has 142 valence electrons. The number of hydrogen-bond acceptors (Lipinski definition) is 4. The van der Waals surface area contributed by atoms with Crippen molar-refractivity contribution in [2.45, 2.75) is 52.9 Å². The zero-order valence-corrected chi connectivity index (χ0v) is 17.0. The summed E-state index contributed by atoms with van der Waals surface area (Å²) in [6, 6.07) is 4.35. The molecule has 2 bridgehead atoms. The van der Waals surface area contributed by atoms with Gasteiger partial charge in [0, 0.05) is 28.7 Å². The minimum absolute atomic E-state index is 0.0251. The lowest BCUT2D eigenvalue weighted by molar-refractivity contribution is -0.136. The second-order valence-electron chi connectivity index (χ2n) is 8.17. The average Bonchev–Trinajstić information content (AvgIpc) is 3.06. The highest BCUT2D eigenvalue weighted by Gasteiger charge is 2.41. The lowest BCUT2D eigenvalue weighted by Gasteiger charge is -2.36. The van der Waals surface area contributed by atoms with Crippen molar-refractivity contribution in [3.63, 3.8) is 0 Å². The monoisotopic (exact) mass is 382 g/mol. The summed E-state index contributed by atoms with van der Waals surface area (Å²) in [7, 11) is 0. The summed E-state index contributed by atoms with van der Waals surface area (Å²) in [5, 5.41) is 5.66. The molecule has 1 N–H and O–H groups in total. The molecule has 0 radical (unpaired) electrons. The van der Waals surface area contributed by atoms with E-state index in [4.69, 9.17) is 0 Å². The van der Waals surface area contributed by atoms with Crippen LogP contribution >= 0.6 is 11.3 Å². The van der Waals surface area contributed by atoms with E-state index in [0.29, 0.717) is 23.8 Å². The summed E-state index contributed by atoms with van der Waals surface area (Å²) in [6.45, 7) is 6.31. The lowest BCUT2D eigenvalue weighted by Crippen LogP contribution is -2.40. The molecule has 2 aliphatic rings. The number of benzene rings is 1. The first-order valence-electron chi connectivity index (χ1n) is 9.80. The molecule has 2 aromatic rings. The first-order valence-corrected chi connectivity index (χ1v) is 10.7. The number of rotatable bonds is 3. The van der Waals surface area contributed by atoms with Crippen molar-refractivity contribution in [3.05, 3.63) is 34.2 Å². The van der Waals surface area contributed by atoms with Crippen molar-refractivity contribution < 1.29 is 9.59 Å². The Bertz CT molecular complexity index is 886. The molecule has 1 unspecified atom stereocenters. The molecule has 4 rings (SSSR count). The summed E-state index contributed by atoms with van der Waals surface area (Å²) in [5.74, 6) is 0.550. The fourth-order valence-corrected chi connectivity index (χ4v) is 5.31. The lowest BCUT2D eigenvalue weighted by atomic mass is 9.67. The minimum atomic E-state index is -0.0614. The van der Waals surface area contributed by atoms with Crippen molar-refractivity contribution in [2.24, 2.45) is 17.8 Å². The smallest absolute Gasteiger partial charge is 0.229 e. The summed E-state index contributed by atoms with van der Waals surface area (Å²) in [6.07, 6.45) is 4.44. The quantitative estimate of drug-likeness (QED) is 0.806. The van der Waals surface area contributed by atoms with E-state index in [-0.39, 0.29) is 23.7 Å². The maximum Gasteiger partial charge on any atom is 0.229 e. The van der Waals surface area contributed by atoms with Gasteiger partial charge in [-0.2, -0.15) is 0 Å². The molecular weight excluding hydrogens is 356 g/mol. The Labute approximate surface area is 164 Å². The number of carbonyl (C=O) groups is 2. The van der Waals surface area contributed by atoms with Crippen LogP contribution in [0.25, 0.3) is 11.3 Å². The molecule has 3 atom stereocenters. The molecular formula is C22H26N2O2S. The van der Waals surface area contributed by atoms with E-state index in [0.717, 1.165) is 30.5 Å². The van der Waals surface area contributed by atoms with Crippen molar-refractivity contribution in [1.82, 2.24) is 4.98 Å². The zero-order valence-electron chi connectivity index (χ0n) is 16.2.